The topological polar surface area (TPSA) is 98.1 Å². The van der Waals surface area contributed by atoms with Crippen LogP contribution in [0.1, 0.15) is 43.5 Å². The number of rotatable bonds is 6. The minimum atomic E-state index is -0.206. The summed E-state index contributed by atoms with van der Waals surface area (Å²) in [5.41, 5.74) is 1.25. The highest BCUT2D eigenvalue weighted by Crippen LogP contribution is 2.27. The average molecular weight is 385 g/mol. The first-order chi connectivity index (χ1) is 13.5. The van der Waals surface area contributed by atoms with Gasteiger partial charge in [0, 0.05) is 19.1 Å². The molecule has 28 heavy (non-hydrogen) atoms. The summed E-state index contributed by atoms with van der Waals surface area (Å²) in [6.45, 7) is 3.90. The zero-order chi connectivity index (χ0) is 20.1. The molecule has 0 spiro atoms. The maximum atomic E-state index is 13.0. The Morgan fingerprint density at radius 1 is 1.18 bits per heavy atom. The maximum Gasteiger partial charge on any atom is 0.253 e. The molecule has 0 unspecified atom stereocenters. The van der Waals surface area contributed by atoms with Crippen LogP contribution in [0.5, 0.6) is 0 Å². The first kappa shape index (κ1) is 20.0. The van der Waals surface area contributed by atoms with Crippen molar-refractivity contribution in [2.24, 2.45) is 5.92 Å². The van der Waals surface area contributed by atoms with Crippen molar-refractivity contribution < 1.29 is 14.3 Å². The van der Waals surface area contributed by atoms with Crippen LogP contribution in [0.25, 0.3) is 5.69 Å². The molecule has 1 aromatic carbocycles. The SMILES string of the molecule is CO[C@H]1C[C@@H](C(=O)NC(C)C)CC[C@@H]1NC(=O)c1ccccc1-n1cnnc1. The Morgan fingerprint density at radius 2 is 1.89 bits per heavy atom. The Bertz CT molecular complexity index is 806. The molecule has 8 heteroatoms. The van der Waals surface area contributed by atoms with E-state index in [0.717, 1.165) is 6.42 Å². The van der Waals surface area contributed by atoms with E-state index in [9.17, 15) is 9.59 Å². The lowest BCUT2D eigenvalue weighted by Gasteiger charge is -2.35. The van der Waals surface area contributed by atoms with E-state index in [1.54, 1.807) is 30.4 Å². The molecule has 1 fully saturated rings. The molecule has 3 atom stereocenters. The van der Waals surface area contributed by atoms with Crippen molar-refractivity contribution in [2.75, 3.05) is 7.11 Å². The molecule has 1 saturated carbocycles. The van der Waals surface area contributed by atoms with Gasteiger partial charge in [-0.05, 0) is 45.2 Å². The van der Waals surface area contributed by atoms with E-state index in [1.165, 1.54) is 0 Å². The van der Waals surface area contributed by atoms with E-state index in [0.29, 0.717) is 24.1 Å². The number of nitrogens with zero attached hydrogens (tertiary/aromatic N) is 3. The van der Waals surface area contributed by atoms with Crippen molar-refractivity contribution in [1.29, 1.82) is 0 Å². The normalized spacial score (nSPS) is 22.1. The van der Waals surface area contributed by atoms with Gasteiger partial charge in [-0.15, -0.1) is 10.2 Å². The summed E-state index contributed by atoms with van der Waals surface area (Å²) in [7, 11) is 1.62. The number of hydrogen-bond donors (Lipinski definition) is 2. The molecule has 2 amide bonds. The van der Waals surface area contributed by atoms with Gasteiger partial charge in [-0.2, -0.15) is 0 Å². The molecule has 1 aliphatic carbocycles. The summed E-state index contributed by atoms with van der Waals surface area (Å²) in [6, 6.07) is 7.27. The van der Waals surface area contributed by atoms with Crippen LogP contribution in [0.2, 0.25) is 0 Å². The van der Waals surface area contributed by atoms with Gasteiger partial charge in [0.05, 0.1) is 23.4 Å². The lowest BCUT2D eigenvalue weighted by atomic mass is 9.83. The minimum Gasteiger partial charge on any atom is -0.379 e. The van der Waals surface area contributed by atoms with Gasteiger partial charge in [0.2, 0.25) is 5.91 Å². The standard InChI is InChI=1S/C20H27N5O3/c1-13(2)23-19(26)14-8-9-16(18(10-14)28-3)24-20(27)15-6-4-5-7-17(15)25-11-21-22-12-25/h4-7,11-14,16,18H,8-10H2,1-3H3,(H,23,26)(H,24,27)/t14-,16-,18-/m0/s1. The van der Waals surface area contributed by atoms with Crippen LogP contribution in [0.3, 0.4) is 0 Å². The lowest BCUT2D eigenvalue weighted by molar-refractivity contribution is -0.128. The number of para-hydroxylation sites is 1. The summed E-state index contributed by atoms with van der Waals surface area (Å²) in [4.78, 5) is 25.3. The Labute approximate surface area is 164 Å². The van der Waals surface area contributed by atoms with Crippen molar-refractivity contribution in [3.63, 3.8) is 0 Å². The summed E-state index contributed by atoms with van der Waals surface area (Å²) >= 11 is 0. The minimum absolute atomic E-state index is 0.0554. The Morgan fingerprint density at radius 3 is 2.57 bits per heavy atom. The van der Waals surface area contributed by atoms with Crippen LogP contribution >= 0.6 is 0 Å². The average Bonchev–Trinajstić information content (AvgIpc) is 3.22. The lowest BCUT2D eigenvalue weighted by Crippen LogP contribution is -2.50. The van der Waals surface area contributed by atoms with Gasteiger partial charge < -0.3 is 15.4 Å². The molecular formula is C20H27N5O3. The fourth-order valence-electron chi connectivity index (χ4n) is 3.66. The first-order valence-corrected chi connectivity index (χ1v) is 9.57. The molecule has 8 nitrogen and oxygen atoms in total. The maximum absolute atomic E-state index is 13.0. The van der Waals surface area contributed by atoms with Gasteiger partial charge in [0.25, 0.3) is 5.91 Å². The fraction of sp³-hybridized carbons (Fsp3) is 0.500. The van der Waals surface area contributed by atoms with Gasteiger partial charge in [-0.25, -0.2) is 0 Å². The molecule has 2 N–H and O–H groups in total. The van der Waals surface area contributed by atoms with Crippen molar-refractivity contribution in [2.45, 2.75) is 51.3 Å². The van der Waals surface area contributed by atoms with Crippen molar-refractivity contribution in [3.05, 3.63) is 42.5 Å². The third-order valence-corrected chi connectivity index (χ3v) is 5.06. The zero-order valence-corrected chi connectivity index (χ0v) is 16.5. The van der Waals surface area contributed by atoms with Crippen LogP contribution in [0.4, 0.5) is 0 Å². The molecule has 0 aliphatic heterocycles. The Balaban J connectivity index is 1.69. The molecule has 2 aromatic rings. The second-order valence-corrected chi connectivity index (χ2v) is 7.41. The predicted octanol–water partition coefficient (Wildman–Crippen LogP) is 1.71. The van der Waals surface area contributed by atoms with Gasteiger partial charge in [-0.1, -0.05) is 12.1 Å². The number of nitrogens with one attached hydrogen (secondary N) is 2. The van der Waals surface area contributed by atoms with Gasteiger partial charge in [0.1, 0.15) is 12.7 Å². The van der Waals surface area contributed by atoms with Crippen molar-refractivity contribution >= 4 is 11.8 Å². The van der Waals surface area contributed by atoms with E-state index in [1.807, 2.05) is 32.0 Å². The second-order valence-electron chi connectivity index (χ2n) is 7.41. The molecule has 1 aliphatic rings. The highest BCUT2D eigenvalue weighted by molar-refractivity contribution is 5.98. The van der Waals surface area contributed by atoms with Crippen LogP contribution < -0.4 is 10.6 Å². The molecule has 1 aromatic heterocycles. The second kappa shape index (κ2) is 8.97. The fourth-order valence-corrected chi connectivity index (χ4v) is 3.66. The smallest absolute Gasteiger partial charge is 0.253 e. The molecule has 150 valence electrons. The molecule has 0 bridgehead atoms. The van der Waals surface area contributed by atoms with Gasteiger partial charge >= 0.3 is 0 Å². The van der Waals surface area contributed by atoms with E-state index >= 15 is 0 Å². The van der Waals surface area contributed by atoms with Crippen LogP contribution in [-0.2, 0) is 9.53 Å². The number of carbonyl (C=O) groups excluding carboxylic acids is 2. The number of ether oxygens (including phenoxy) is 1. The third kappa shape index (κ3) is 4.56. The van der Waals surface area contributed by atoms with Crippen molar-refractivity contribution in [1.82, 2.24) is 25.4 Å². The van der Waals surface area contributed by atoms with E-state index < -0.39 is 0 Å². The van der Waals surface area contributed by atoms with Crippen LogP contribution in [-0.4, -0.2) is 51.9 Å². The van der Waals surface area contributed by atoms with Crippen LogP contribution in [0, 0.1) is 5.92 Å². The quantitative estimate of drug-likeness (QED) is 0.789. The number of methoxy groups -OCH3 is 1. The van der Waals surface area contributed by atoms with E-state index in [2.05, 4.69) is 20.8 Å². The molecular weight excluding hydrogens is 358 g/mol. The Kier molecular flexibility index (Phi) is 6.41. The van der Waals surface area contributed by atoms with E-state index in [-0.39, 0.29) is 35.9 Å². The number of hydrogen-bond acceptors (Lipinski definition) is 5. The molecule has 3 rings (SSSR count). The van der Waals surface area contributed by atoms with E-state index in [4.69, 9.17) is 4.74 Å². The highest BCUT2D eigenvalue weighted by Gasteiger charge is 2.35. The molecule has 0 saturated heterocycles. The number of benzene rings is 1. The third-order valence-electron chi connectivity index (χ3n) is 5.06. The van der Waals surface area contributed by atoms with Crippen LogP contribution in [0.15, 0.2) is 36.9 Å². The molecule has 1 heterocycles. The summed E-state index contributed by atoms with van der Waals surface area (Å²) in [5.74, 6) is -0.217. The first-order valence-electron chi connectivity index (χ1n) is 9.57. The number of aromatic nitrogens is 3. The summed E-state index contributed by atoms with van der Waals surface area (Å²) in [5, 5.41) is 13.7. The number of carbonyl (C=O) groups is 2. The monoisotopic (exact) mass is 385 g/mol. The van der Waals surface area contributed by atoms with Gasteiger partial charge in [-0.3, -0.25) is 14.2 Å². The van der Waals surface area contributed by atoms with Crippen molar-refractivity contribution in [3.8, 4) is 5.69 Å². The summed E-state index contributed by atoms with van der Waals surface area (Å²) < 4.78 is 7.31. The number of amides is 2. The highest BCUT2D eigenvalue weighted by atomic mass is 16.5. The largest absolute Gasteiger partial charge is 0.379 e. The predicted molar refractivity (Wildman–Crippen MR) is 104 cm³/mol. The summed E-state index contributed by atoms with van der Waals surface area (Å²) in [6.07, 6.45) is 4.91. The van der Waals surface area contributed by atoms with Gasteiger partial charge in [0.15, 0.2) is 0 Å². The zero-order valence-electron chi connectivity index (χ0n) is 16.5. The Hall–Kier alpha value is -2.74. The molecule has 0 radical (unpaired) electrons.